The molecule has 1 fully saturated rings. The van der Waals surface area contributed by atoms with Crippen molar-refractivity contribution < 1.29 is 0 Å². The van der Waals surface area contributed by atoms with Gasteiger partial charge < -0.3 is 10.6 Å². The number of imidazole rings is 1. The molecule has 0 aromatic carbocycles. The van der Waals surface area contributed by atoms with Crippen LogP contribution in [-0.2, 0) is 0 Å². The van der Waals surface area contributed by atoms with Gasteiger partial charge in [-0.3, -0.25) is 14.4 Å². The van der Waals surface area contributed by atoms with E-state index in [1.807, 2.05) is 10.6 Å². The number of anilines is 1. The summed E-state index contributed by atoms with van der Waals surface area (Å²) in [6.45, 7) is 2.06. The number of hydrogen-bond acceptors (Lipinski definition) is 6. The second-order valence-corrected chi connectivity index (χ2v) is 5.43. The van der Waals surface area contributed by atoms with Crippen molar-refractivity contribution in [2.24, 2.45) is 0 Å². The van der Waals surface area contributed by atoms with E-state index in [-0.39, 0.29) is 0 Å². The molecule has 22 heavy (non-hydrogen) atoms. The van der Waals surface area contributed by atoms with Crippen LogP contribution in [0.1, 0.15) is 12.8 Å². The van der Waals surface area contributed by atoms with Gasteiger partial charge in [0.15, 0.2) is 5.65 Å². The Morgan fingerprint density at radius 2 is 2.18 bits per heavy atom. The van der Waals surface area contributed by atoms with Gasteiger partial charge in [-0.05, 0) is 19.4 Å². The second kappa shape index (κ2) is 5.69. The van der Waals surface area contributed by atoms with Gasteiger partial charge in [0.05, 0.1) is 30.5 Å². The van der Waals surface area contributed by atoms with Gasteiger partial charge >= 0.3 is 0 Å². The van der Waals surface area contributed by atoms with Crippen molar-refractivity contribution in [3.63, 3.8) is 0 Å². The number of rotatable bonds is 3. The number of nitrogens with zero attached hydrogens (tertiary/aromatic N) is 5. The highest BCUT2D eigenvalue weighted by atomic mass is 15.1. The average Bonchev–Trinajstić information content (AvgIpc) is 3.00. The maximum atomic E-state index is 4.68. The standard InChI is InChI=1S/C15H17N7/c1-2-11(6-16-3-1)20-14-9-18-7-12(21-14)13-8-19-15-10-17-4-5-22(13)15/h4-5,7-11,16H,1-3,6H2,(H,20,21)/t11-/m1/s1. The van der Waals surface area contributed by atoms with Crippen LogP contribution in [0.2, 0.25) is 0 Å². The second-order valence-electron chi connectivity index (χ2n) is 5.43. The topological polar surface area (TPSA) is 80.0 Å². The molecular weight excluding hydrogens is 278 g/mol. The lowest BCUT2D eigenvalue weighted by atomic mass is 10.1. The first kappa shape index (κ1) is 13.1. The Balaban J connectivity index is 1.63. The number of piperidine rings is 1. The van der Waals surface area contributed by atoms with Crippen LogP contribution in [0.25, 0.3) is 17.0 Å². The fourth-order valence-corrected chi connectivity index (χ4v) is 2.77. The van der Waals surface area contributed by atoms with Crippen LogP contribution in [0.15, 0.2) is 37.2 Å². The van der Waals surface area contributed by atoms with Crippen LogP contribution in [0, 0.1) is 0 Å². The molecule has 4 heterocycles. The molecule has 0 radical (unpaired) electrons. The van der Waals surface area contributed by atoms with E-state index < -0.39 is 0 Å². The molecule has 2 N–H and O–H groups in total. The third-order valence-electron chi connectivity index (χ3n) is 3.86. The predicted molar refractivity (Wildman–Crippen MR) is 83.5 cm³/mol. The van der Waals surface area contributed by atoms with E-state index in [9.17, 15) is 0 Å². The Bertz CT molecular complexity index is 776. The van der Waals surface area contributed by atoms with Crippen LogP contribution in [0.3, 0.4) is 0 Å². The van der Waals surface area contributed by atoms with Crippen molar-refractivity contribution in [3.8, 4) is 11.4 Å². The molecule has 0 amide bonds. The smallest absolute Gasteiger partial charge is 0.155 e. The molecule has 1 saturated heterocycles. The van der Waals surface area contributed by atoms with E-state index >= 15 is 0 Å². The molecule has 1 atom stereocenters. The Kier molecular flexibility index (Phi) is 3.40. The van der Waals surface area contributed by atoms with E-state index in [0.29, 0.717) is 6.04 Å². The fraction of sp³-hybridized carbons (Fsp3) is 0.333. The van der Waals surface area contributed by atoms with Gasteiger partial charge in [-0.2, -0.15) is 0 Å². The Morgan fingerprint density at radius 1 is 1.18 bits per heavy atom. The maximum absolute atomic E-state index is 4.68. The van der Waals surface area contributed by atoms with Crippen LogP contribution in [0.4, 0.5) is 5.82 Å². The summed E-state index contributed by atoms with van der Waals surface area (Å²) in [6.07, 6.45) is 13.0. The third-order valence-corrected chi connectivity index (χ3v) is 3.86. The lowest BCUT2D eigenvalue weighted by molar-refractivity contribution is 0.479. The van der Waals surface area contributed by atoms with Gasteiger partial charge in [-0.1, -0.05) is 0 Å². The molecule has 3 aromatic heterocycles. The first-order valence-electron chi connectivity index (χ1n) is 7.47. The summed E-state index contributed by atoms with van der Waals surface area (Å²) in [6, 6.07) is 0.407. The van der Waals surface area contributed by atoms with Crippen LogP contribution >= 0.6 is 0 Å². The van der Waals surface area contributed by atoms with Gasteiger partial charge in [0, 0.05) is 25.0 Å². The Hall–Kier alpha value is -2.54. The predicted octanol–water partition coefficient (Wildman–Crippen LogP) is 1.35. The summed E-state index contributed by atoms with van der Waals surface area (Å²) in [5.74, 6) is 0.801. The molecule has 0 saturated carbocycles. The first-order chi connectivity index (χ1) is 10.9. The Labute approximate surface area is 127 Å². The first-order valence-corrected chi connectivity index (χ1v) is 7.47. The van der Waals surface area contributed by atoms with Crippen molar-refractivity contribution in [1.29, 1.82) is 0 Å². The molecule has 0 bridgehead atoms. The molecular formula is C15H17N7. The molecule has 0 aliphatic carbocycles. The quantitative estimate of drug-likeness (QED) is 0.759. The average molecular weight is 295 g/mol. The van der Waals surface area contributed by atoms with Crippen molar-refractivity contribution in [2.45, 2.75) is 18.9 Å². The molecule has 1 aliphatic rings. The minimum Gasteiger partial charge on any atom is -0.365 e. The minimum absolute atomic E-state index is 0.407. The molecule has 0 spiro atoms. The lowest BCUT2D eigenvalue weighted by Crippen LogP contribution is -2.38. The molecule has 0 unspecified atom stereocenters. The van der Waals surface area contributed by atoms with Crippen LogP contribution in [-0.4, -0.2) is 43.5 Å². The molecule has 7 heteroatoms. The zero-order valence-electron chi connectivity index (χ0n) is 12.1. The van der Waals surface area contributed by atoms with E-state index in [1.54, 1.807) is 31.0 Å². The lowest BCUT2D eigenvalue weighted by Gasteiger charge is -2.24. The monoisotopic (exact) mass is 295 g/mol. The number of nitrogens with one attached hydrogen (secondary N) is 2. The molecule has 3 aromatic rings. The van der Waals surface area contributed by atoms with Gasteiger partial charge in [-0.25, -0.2) is 9.97 Å². The van der Waals surface area contributed by atoms with Gasteiger partial charge in [0.25, 0.3) is 0 Å². The largest absolute Gasteiger partial charge is 0.365 e. The summed E-state index contributed by atoms with van der Waals surface area (Å²) in [7, 11) is 0. The molecule has 1 aliphatic heterocycles. The molecule has 7 nitrogen and oxygen atoms in total. The van der Waals surface area contributed by atoms with Crippen LogP contribution < -0.4 is 10.6 Å². The fourth-order valence-electron chi connectivity index (χ4n) is 2.77. The summed E-state index contributed by atoms with van der Waals surface area (Å²) in [5.41, 5.74) is 2.51. The van der Waals surface area contributed by atoms with Crippen molar-refractivity contribution >= 4 is 11.5 Å². The normalized spacial score (nSPS) is 18.5. The zero-order chi connectivity index (χ0) is 14.8. The number of aromatic nitrogens is 5. The van der Waals surface area contributed by atoms with E-state index in [1.165, 1.54) is 6.42 Å². The van der Waals surface area contributed by atoms with Gasteiger partial charge in [0.2, 0.25) is 0 Å². The SMILES string of the molecule is c1cn2c(-c3cncc(N[C@@H]4CCCNC4)n3)cnc2cn1. The highest BCUT2D eigenvalue weighted by Gasteiger charge is 2.14. The zero-order valence-corrected chi connectivity index (χ0v) is 12.1. The van der Waals surface area contributed by atoms with E-state index in [2.05, 4.69) is 30.6 Å². The van der Waals surface area contributed by atoms with E-state index in [4.69, 9.17) is 0 Å². The highest BCUT2D eigenvalue weighted by Crippen LogP contribution is 2.19. The highest BCUT2D eigenvalue weighted by molar-refractivity contribution is 5.60. The third kappa shape index (κ3) is 2.50. The van der Waals surface area contributed by atoms with E-state index in [0.717, 1.165) is 42.4 Å². The van der Waals surface area contributed by atoms with Gasteiger partial charge in [0.1, 0.15) is 11.5 Å². The number of hydrogen-bond donors (Lipinski definition) is 2. The van der Waals surface area contributed by atoms with Gasteiger partial charge in [-0.15, -0.1) is 0 Å². The molecule has 4 rings (SSSR count). The van der Waals surface area contributed by atoms with Crippen LogP contribution in [0.5, 0.6) is 0 Å². The Morgan fingerprint density at radius 3 is 3.09 bits per heavy atom. The summed E-state index contributed by atoms with van der Waals surface area (Å²) >= 11 is 0. The van der Waals surface area contributed by atoms with Crippen molar-refractivity contribution in [3.05, 3.63) is 37.2 Å². The summed E-state index contributed by atoms with van der Waals surface area (Å²) in [4.78, 5) is 17.4. The summed E-state index contributed by atoms with van der Waals surface area (Å²) in [5, 5.41) is 6.84. The number of fused-ring (bicyclic) bond motifs is 1. The van der Waals surface area contributed by atoms with Crippen molar-refractivity contribution in [2.75, 3.05) is 18.4 Å². The summed E-state index contributed by atoms with van der Waals surface area (Å²) < 4.78 is 1.96. The van der Waals surface area contributed by atoms with Crippen molar-refractivity contribution in [1.82, 2.24) is 29.7 Å². The molecule has 112 valence electrons. The minimum atomic E-state index is 0.407. The maximum Gasteiger partial charge on any atom is 0.155 e.